The van der Waals surface area contributed by atoms with Gasteiger partial charge < -0.3 is 10.6 Å². The van der Waals surface area contributed by atoms with E-state index in [9.17, 15) is 8.42 Å². The van der Waals surface area contributed by atoms with E-state index in [1.165, 1.54) is 18.2 Å². The minimum Gasteiger partial charge on any atom is -0.357 e. The van der Waals surface area contributed by atoms with Crippen molar-refractivity contribution in [3.8, 4) is 0 Å². The number of rotatable bonds is 8. The number of sulfone groups is 1. The highest BCUT2D eigenvalue weighted by molar-refractivity contribution is 7.92. The lowest BCUT2D eigenvalue weighted by molar-refractivity contribution is 0.245. The molecule has 0 aliphatic carbocycles. The number of benzene rings is 1. The molecule has 1 aliphatic heterocycles. The first-order valence-corrected chi connectivity index (χ1v) is 11.6. The molecule has 2 N–H and O–H groups in total. The number of hydrogen-bond donors (Lipinski definition) is 2. The molecule has 0 aromatic heterocycles. The third-order valence-corrected chi connectivity index (χ3v) is 7.34. The maximum Gasteiger partial charge on any atom is 0.191 e. The van der Waals surface area contributed by atoms with Crippen molar-refractivity contribution in [2.24, 2.45) is 4.99 Å². The molecule has 1 aromatic carbocycles. The van der Waals surface area contributed by atoms with E-state index < -0.39 is 14.6 Å². The summed E-state index contributed by atoms with van der Waals surface area (Å²) in [5.41, 5.74) is 1.33. The second-order valence-corrected chi connectivity index (χ2v) is 10.5. The van der Waals surface area contributed by atoms with Gasteiger partial charge >= 0.3 is 0 Å². The molecule has 1 aromatic rings. The molecular weight excluding hydrogens is 360 g/mol. The zero-order valence-electron chi connectivity index (χ0n) is 17.0. The van der Waals surface area contributed by atoms with Gasteiger partial charge in [0.1, 0.15) is 0 Å². The maximum atomic E-state index is 11.9. The van der Waals surface area contributed by atoms with Gasteiger partial charge in [0.25, 0.3) is 0 Å². The van der Waals surface area contributed by atoms with E-state index in [0.29, 0.717) is 12.0 Å². The highest BCUT2D eigenvalue weighted by Gasteiger charge is 2.30. The molecule has 1 saturated heterocycles. The van der Waals surface area contributed by atoms with E-state index in [-0.39, 0.29) is 6.54 Å². The number of aliphatic imine (C=N–C) groups is 1. The van der Waals surface area contributed by atoms with E-state index >= 15 is 0 Å². The molecular formula is C20H34N4O2S. The van der Waals surface area contributed by atoms with Crippen LogP contribution in [0.1, 0.15) is 39.2 Å². The normalized spacial score (nSPS) is 19.3. The zero-order valence-corrected chi connectivity index (χ0v) is 17.8. The summed E-state index contributed by atoms with van der Waals surface area (Å²) in [6.07, 6.45) is 3.63. The lowest BCUT2D eigenvalue weighted by Crippen LogP contribution is -2.45. The fourth-order valence-electron chi connectivity index (χ4n) is 3.10. The standard InChI is InChI=1S/C20H34N4O2S/c1-5-21-19(23-16-20(2,3)27(4,25)26)22-14-18-12-9-13-24(18)15-17-10-7-6-8-11-17/h6-8,10-11,18H,5,9,12-16H2,1-4H3,(H2,21,22,23). The van der Waals surface area contributed by atoms with Crippen molar-refractivity contribution in [3.05, 3.63) is 35.9 Å². The second kappa shape index (κ2) is 9.55. The minimum atomic E-state index is -3.16. The second-order valence-electron chi connectivity index (χ2n) is 7.86. The number of hydrogen-bond acceptors (Lipinski definition) is 4. The van der Waals surface area contributed by atoms with E-state index in [1.54, 1.807) is 13.8 Å². The van der Waals surface area contributed by atoms with E-state index in [4.69, 9.17) is 0 Å². The maximum absolute atomic E-state index is 11.9. The summed E-state index contributed by atoms with van der Waals surface area (Å²) in [4.78, 5) is 7.02. The first kappa shape index (κ1) is 21.7. The molecule has 152 valence electrons. The fraction of sp³-hybridized carbons (Fsp3) is 0.650. The highest BCUT2D eigenvalue weighted by atomic mass is 32.2. The Morgan fingerprint density at radius 3 is 2.59 bits per heavy atom. The zero-order chi connectivity index (χ0) is 19.9. The van der Waals surface area contributed by atoms with E-state index in [2.05, 4.69) is 44.8 Å². The van der Waals surface area contributed by atoms with Gasteiger partial charge in [-0.1, -0.05) is 30.3 Å². The van der Waals surface area contributed by atoms with Crippen LogP contribution in [-0.2, 0) is 16.4 Å². The summed E-state index contributed by atoms with van der Waals surface area (Å²) >= 11 is 0. The van der Waals surface area contributed by atoms with Crippen LogP contribution >= 0.6 is 0 Å². The molecule has 0 saturated carbocycles. The van der Waals surface area contributed by atoms with Crippen LogP contribution in [0.2, 0.25) is 0 Å². The third-order valence-electron chi connectivity index (χ3n) is 5.20. The van der Waals surface area contributed by atoms with Crippen LogP contribution in [0.4, 0.5) is 0 Å². The molecule has 1 unspecified atom stereocenters. The van der Waals surface area contributed by atoms with Crippen LogP contribution in [-0.4, -0.2) is 62.5 Å². The Balaban J connectivity index is 1.95. The van der Waals surface area contributed by atoms with Gasteiger partial charge in [-0.05, 0) is 45.7 Å². The molecule has 0 spiro atoms. The first-order chi connectivity index (χ1) is 12.7. The van der Waals surface area contributed by atoms with E-state index in [1.807, 2.05) is 13.0 Å². The van der Waals surface area contributed by atoms with Crippen LogP contribution in [0.3, 0.4) is 0 Å². The van der Waals surface area contributed by atoms with Crippen molar-refractivity contribution in [3.63, 3.8) is 0 Å². The number of nitrogens with one attached hydrogen (secondary N) is 2. The quantitative estimate of drug-likeness (QED) is 0.521. The van der Waals surface area contributed by atoms with Gasteiger partial charge in [-0.3, -0.25) is 9.89 Å². The SMILES string of the molecule is CCNC(=NCC(C)(C)S(C)(=O)=O)NCC1CCCN1Cc1ccccc1. The largest absolute Gasteiger partial charge is 0.357 e. The van der Waals surface area contributed by atoms with Crippen molar-refractivity contribution in [1.29, 1.82) is 0 Å². The fourth-order valence-corrected chi connectivity index (χ4v) is 3.39. The highest BCUT2D eigenvalue weighted by Crippen LogP contribution is 2.19. The monoisotopic (exact) mass is 394 g/mol. The minimum absolute atomic E-state index is 0.236. The average molecular weight is 395 g/mol. The van der Waals surface area contributed by atoms with E-state index in [0.717, 1.165) is 32.6 Å². The van der Waals surface area contributed by atoms with Gasteiger partial charge in [0.15, 0.2) is 15.8 Å². The van der Waals surface area contributed by atoms with Crippen molar-refractivity contribution < 1.29 is 8.42 Å². The molecule has 1 heterocycles. The summed E-state index contributed by atoms with van der Waals surface area (Å²) in [7, 11) is -3.16. The average Bonchev–Trinajstić information content (AvgIpc) is 3.04. The first-order valence-electron chi connectivity index (χ1n) is 9.72. The Morgan fingerprint density at radius 2 is 1.96 bits per heavy atom. The summed E-state index contributed by atoms with van der Waals surface area (Å²) in [5.74, 6) is 0.681. The van der Waals surface area contributed by atoms with Crippen molar-refractivity contribution >= 4 is 15.8 Å². The van der Waals surface area contributed by atoms with Crippen LogP contribution in [0.25, 0.3) is 0 Å². The Kier molecular flexibility index (Phi) is 7.68. The van der Waals surface area contributed by atoms with Gasteiger partial charge in [-0.25, -0.2) is 8.42 Å². The molecule has 1 fully saturated rings. The van der Waals surface area contributed by atoms with Crippen LogP contribution in [0.5, 0.6) is 0 Å². The molecule has 0 radical (unpaired) electrons. The van der Waals surface area contributed by atoms with Gasteiger partial charge in [0.05, 0.1) is 11.3 Å². The Hall–Kier alpha value is -1.60. The number of likely N-dealkylation sites (tertiary alicyclic amines) is 1. The van der Waals surface area contributed by atoms with Gasteiger partial charge in [-0.15, -0.1) is 0 Å². The molecule has 2 rings (SSSR count). The number of guanidine groups is 1. The third kappa shape index (κ3) is 6.50. The Labute approximate surface area is 164 Å². The summed E-state index contributed by atoms with van der Waals surface area (Å²) in [6.45, 7) is 9.29. The molecule has 1 aliphatic rings. The van der Waals surface area contributed by atoms with Crippen LogP contribution in [0.15, 0.2) is 35.3 Å². The summed E-state index contributed by atoms with van der Waals surface area (Å²) in [5, 5.41) is 6.63. The molecule has 0 bridgehead atoms. The van der Waals surface area contributed by atoms with Gasteiger partial charge in [0.2, 0.25) is 0 Å². The molecule has 0 amide bonds. The van der Waals surface area contributed by atoms with Crippen LogP contribution < -0.4 is 10.6 Å². The molecule has 27 heavy (non-hydrogen) atoms. The summed E-state index contributed by atoms with van der Waals surface area (Å²) in [6, 6.07) is 11.0. The van der Waals surface area contributed by atoms with Gasteiger partial charge in [-0.2, -0.15) is 0 Å². The number of nitrogens with zero attached hydrogens (tertiary/aromatic N) is 2. The van der Waals surface area contributed by atoms with Gasteiger partial charge in [0, 0.05) is 31.9 Å². The molecule has 1 atom stereocenters. The van der Waals surface area contributed by atoms with Crippen LogP contribution in [0, 0.1) is 0 Å². The van der Waals surface area contributed by atoms with Crippen molar-refractivity contribution in [2.45, 2.75) is 50.9 Å². The smallest absolute Gasteiger partial charge is 0.191 e. The molecule has 7 heteroatoms. The summed E-state index contributed by atoms with van der Waals surface area (Å²) < 4.78 is 22.9. The predicted octanol–water partition coefficient (Wildman–Crippen LogP) is 2.03. The Bertz CT molecular complexity index is 717. The topological polar surface area (TPSA) is 73.8 Å². The predicted molar refractivity (Wildman–Crippen MR) is 113 cm³/mol. The lowest BCUT2D eigenvalue weighted by Gasteiger charge is -2.26. The lowest BCUT2D eigenvalue weighted by atomic mass is 10.2. The van der Waals surface area contributed by atoms with Crippen molar-refractivity contribution in [2.75, 3.05) is 32.4 Å². The van der Waals surface area contributed by atoms with Crippen molar-refractivity contribution in [1.82, 2.24) is 15.5 Å². The Morgan fingerprint density at radius 1 is 1.26 bits per heavy atom. The molecule has 6 nitrogen and oxygen atoms in total.